The summed E-state index contributed by atoms with van der Waals surface area (Å²) in [5.74, 6) is 2.10. The van der Waals surface area contributed by atoms with Gasteiger partial charge < -0.3 is 15.2 Å². The Labute approximate surface area is 220 Å². The molecular formula is C31H37N3O3. The molecule has 1 unspecified atom stereocenters. The van der Waals surface area contributed by atoms with Crippen LogP contribution in [-0.2, 0) is 12.8 Å². The summed E-state index contributed by atoms with van der Waals surface area (Å²) in [5, 5.41) is 0. The molecule has 0 saturated carbocycles. The number of fused-ring (bicyclic) bond motifs is 1. The van der Waals surface area contributed by atoms with Crippen molar-refractivity contribution in [1.29, 1.82) is 0 Å². The van der Waals surface area contributed by atoms with E-state index >= 15 is 0 Å². The normalized spacial score (nSPS) is 16.5. The molecule has 1 atom stereocenters. The first-order chi connectivity index (χ1) is 18.1. The smallest absolute Gasteiger partial charge is 0.319 e. The summed E-state index contributed by atoms with van der Waals surface area (Å²) < 4.78 is 11.4. The van der Waals surface area contributed by atoms with Crippen molar-refractivity contribution in [2.24, 2.45) is 11.7 Å². The Morgan fingerprint density at radius 2 is 1.59 bits per heavy atom. The second-order valence-corrected chi connectivity index (χ2v) is 10.2. The lowest BCUT2D eigenvalue weighted by atomic mass is 9.89. The molecule has 3 aromatic carbocycles. The van der Waals surface area contributed by atoms with Gasteiger partial charge in [0, 0.05) is 18.7 Å². The van der Waals surface area contributed by atoms with E-state index in [4.69, 9.17) is 15.2 Å². The van der Waals surface area contributed by atoms with Crippen LogP contribution in [0.1, 0.15) is 48.9 Å². The zero-order chi connectivity index (χ0) is 25.6. The number of urea groups is 1. The molecule has 2 heterocycles. The van der Waals surface area contributed by atoms with Gasteiger partial charge in [0.05, 0.1) is 5.69 Å². The van der Waals surface area contributed by atoms with E-state index in [1.54, 1.807) is 4.90 Å². The zero-order valence-electron chi connectivity index (χ0n) is 21.6. The summed E-state index contributed by atoms with van der Waals surface area (Å²) in [5.41, 5.74) is 10.5. The third-order valence-electron chi connectivity index (χ3n) is 7.78. The maximum absolute atomic E-state index is 12.7. The predicted molar refractivity (Wildman–Crippen MR) is 147 cm³/mol. The van der Waals surface area contributed by atoms with Crippen LogP contribution in [0.15, 0.2) is 72.8 Å². The summed E-state index contributed by atoms with van der Waals surface area (Å²) in [7, 11) is 0. The largest absolute Gasteiger partial charge is 0.454 e. The van der Waals surface area contributed by atoms with Gasteiger partial charge in [0.1, 0.15) is 0 Å². The van der Waals surface area contributed by atoms with E-state index in [0.29, 0.717) is 18.2 Å². The van der Waals surface area contributed by atoms with Crippen molar-refractivity contribution in [2.45, 2.75) is 45.1 Å². The number of rotatable bonds is 9. The summed E-state index contributed by atoms with van der Waals surface area (Å²) in [4.78, 5) is 16.9. The molecule has 0 radical (unpaired) electrons. The maximum Gasteiger partial charge on any atom is 0.319 e. The number of hydrogen-bond acceptors (Lipinski definition) is 4. The van der Waals surface area contributed by atoms with Gasteiger partial charge in [-0.15, -0.1) is 0 Å². The SMILES string of the molecule is CC(c1cc2c(cc1N(CCCc1ccccc1)C(N)=O)OCO2)N1CCC(Cc2ccccc2)CC1. The third kappa shape index (κ3) is 6.08. The van der Waals surface area contributed by atoms with Crippen LogP contribution in [0.4, 0.5) is 10.5 Å². The zero-order valence-corrected chi connectivity index (χ0v) is 21.6. The van der Waals surface area contributed by atoms with Crippen LogP contribution in [0.25, 0.3) is 0 Å². The number of aryl methyl sites for hydroxylation is 1. The molecule has 6 nitrogen and oxygen atoms in total. The molecule has 0 bridgehead atoms. The van der Waals surface area contributed by atoms with E-state index in [-0.39, 0.29) is 12.8 Å². The molecule has 2 N–H and O–H groups in total. The van der Waals surface area contributed by atoms with Gasteiger partial charge in [0.2, 0.25) is 6.79 Å². The number of benzene rings is 3. The molecule has 2 amide bonds. The van der Waals surface area contributed by atoms with Gasteiger partial charge in [-0.1, -0.05) is 60.7 Å². The fourth-order valence-corrected chi connectivity index (χ4v) is 5.64. The highest BCUT2D eigenvalue weighted by molar-refractivity contribution is 5.92. The van der Waals surface area contributed by atoms with E-state index < -0.39 is 6.03 Å². The number of hydrogen-bond donors (Lipinski definition) is 1. The fourth-order valence-electron chi connectivity index (χ4n) is 5.64. The van der Waals surface area contributed by atoms with Crippen molar-refractivity contribution in [3.05, 3.63) is 89.5 Å². The molecule has 1 fully saturated rings. The molecule has 2 aliphatic heterocycles. The number of likely N-dealkylation sites (tertiary alicyclic amines) is 1. The molecule has 1 saturated heterocycles. The summed E-state index contributed by atoms with van der Waals surface area (Å²) >= 11 is 0. The second-order valence-electron chi connectivity index (χ2n) is 10.2. The van der Waals surface area contributed by atoms with Crippen LogP contribution < -0.4 is 20.1 Å². The topological polar surface area (TPSA) is 68.0 Å². The summed E-state index contributed by atoms with van der Waals surface area (Å²) in [6.07, 6.45) is 5.16. The van der Waals surface area contributed by atoms with Crippen molar-refractivity contribution in [2.75, 3.05) is 31.3 Å². The Hall–Kier alpha value is -3.51. The van der Waals surface area contributed by atoms with Gasteiger partial charge in [-0.3, -0.25) is 9.80 Å². The lowest BCUT2D eigenvalue weighted by Crippen LogP contribution is -2.40. The predicted octanol–water partition coefficient (Wildman–Crippen LogP) is 5.95. The average molecular weight is 500 g/mol. The Morgan fingerprint density at radius 3 is 2.24 bits per heavy atom. The number of piperidine rings is 1. The number of carbonyl (C=O) groups excluding carboxylic acids is 1. The number of nitrogens with two attached hydrogens (primary N) is 1. The minimum atomic E-state index is -0.443. The summed E-state index contributed by atoms with van der Waals surface area (Å²) in [6.45, 7) is 5.01. The highest BCUT2D eigenvalue weighted by Crippen LogP contribution is 2.43. The molecule has 0 aliphatic carbocycles. The lowest BCUT2D eigenvalue weighted by Gasteiger charge is -2.38. The molecule has 37 heavy (non-hydrogen) atoms. The highest BCUT2D eigenvalue weighted by Gasteiger charge is 2.30. The number of carbonyl (C=O) groups is 1. The van der Waals surface area contributed by atoms with E-state index in [9.17, 15) is 4.79 Å². The minimum Gasteiger partial charge on any atom is -0.454 e. The van der Waals surface area contributed by atoms with Crippen molar-refractivity contribution in [3.8, 4) is 11.5 Å². The van der Waals surface area contributed by atoms with Crippen LogP contribution in [0.3, 0.4) is 0 Å². The van der Waals surface area contributed by atoms with E-state index in [0.717, 1.165) is 62.2 Å². The standard InChI is InChI=1S/C31H37N3O3/c1-23(33-17-14-26(15-18-33)19-25-11-6-3-7-12-25)27-20-29-30(37-22-36-29)21-28(27)34(31(32)35)16-8-13-24-9-4-2-5-10-24/h2-7,9-12,20-21,23,26H,8,13-19,22H2,1H3,(H2,32,35). The molecule has 194 valence electrons. The number of ether oxygens (including phenoxy) is 2. The van der Waals surface area contributed by atoms with Gasteiger partial charge in [-0.25, -0.2) is 4.79 Å². The second kappa shape index (κ2) is 11.7. The van der Waals surface area contributed by atoms with E-state index in [1.165, 1.54) is 11.1 Å². The first-order valence-corrected chi connectivity index (χ1v) is 13.4. The van der Waals surface area contributed by atoms with Gasteiger partial charge in [0.25, 0.3) is 0 Å². The van der Waals surface area contributed by atoms with Gasteiger partial charge in [-0.05, 0) is 80.8 Å². The molecular weight excluding hydrogens is 462 g/mol. The quantitative estimate of drug-likeness (QED) is 0.395. The van der Waals surface area contributed by atoms with Crippen LogP contribution in [0.5, 0.6) is 11.5 Å². The monoisotopic (exact) mass is 499 g/mol. The van der Waals surface area contributed by atoms with Crippen LogP contribution in [-0.4, -0.2) is 37.4 Å². The molecule has 5 rings (SSSR count). The van der Waals surface area contributed by atoms with Crippen molar-refractivity contribution < 1.29 is 14.3 Å². The number of amides is 2. The Kier molecular flexibility index (Phi) is 7.95. The number of anilines is 1. The number of nitrogens with zero attached hydrogens (tertiary/aromatic N) is 2. The molecule has 6 heteroatoms. The van der Waals surface area contributed by atoms with Crippen LogP contribution in [0.2, 0.25) is 0 Å². The Bertz CT molecular complexity index is 1180. The van der Waals surface area contributed by atoms with E-state index in [1.807, 2.05) is 30.3 Å². The van der Waals surface area contributed by atoms with E-state index in [2.05, 4.69) is 54.3 Å². The number of primary amides is 1. The fraction of sp³-hybridized carbons (Fsp3) is 0.387. The van der Waals surface area contributed by atoms with Crippen molar-refractivity contribution >= 4 is 11.7 Å². The first kappa shape index (κ1) is 25.2. The first-order valence-electron chi connectivity index (χ1n) is 13.4. The molecule has 0 spiro atoms. The van der Waals surface area contributed by atoms with Crippen LogP contribution in [0, 0.1) is 5.92 Å². The molecule has 3 aromatic rings. The highest BCUT2D eigenvalue weighted by atomic mass is 16.7. The Morgan fingerprint density at radius 1 is 0.973 bits per heavy atom. The van der Waals surface area contributed by atoms with Crippen molar-refractivity contribution in [3.63, 3.8) is 0 Å². The average Bonchev–Trinajstić information content (AvgIpc) is 3.39. The van der Waals surface area contributed by atoms with Gasteiger partial charge in [0.15, 0.2) is 11.5 Å². The van der Waals surface area contributed by atoms with Gasteiger partial charge >= 0.3 is 6.03 Å². The van der Waals surface area contributed by atoms with Crippen LogP contribution >= 0.6 is 0 Å². The minimum absolute atomic E-state index is 0.123. The van der Waals surface area contributed by atoms with Gasteiger partial charge in [-0.2, -0.15) is 0 Å². The Balaban J connectivity index is 1.31. The third-order valence-corrected chi connectivity index (χ3v) is 7.78. The lowest BCUT2D eigenvalue weighted by molar-refractivity contribution is 0.141. The van der Waals surface area contributed by atoms with Crippen molar-refractivity contribution in [1.82, 2.24) is 4.90 Å². The summed E-state index contributed by atoms with van der Waals surface area (Å²) in [6, 6.07) is 24.8. The molecule has 2 aliphatic rings. The maximum atomic E-state index is 12.7. The molecule has 0 aromatic heterocycles.